The molecule has 1 heterocycles. The molecule has 0 unspecified atom stereocenters. The van der Waals surface area contributed by atoms with Crippen molar-refractivity contribution >= 4 is 0 Å². The van der Waals surface area contributed by atoms with Crippen LogP contribution in [-0.4, -0.2) is 13.2 Å². The lowest BCUT2D eigenvalue weighted by Crippen LogP contribution is -2.16. The molecule has 0 saturated carbocycles. The van der Waals surface area contributed by atoms with Crippen molar-refractivity contribution in [3.63, 3.8) is 0 Å². The van der Waals surface area contributed by atoms with E-state index in [1.54, 1.807) is 0 Å². The first-order valence-electron chi connectivity index (χ1n) is 8.08. The van der Waals surface area contributed by atoms with Gasteiger partial charge in [0.2, 0.25) is 0 Å². The Hall–Kier alpha value is -0.0400. The van der Waals surface area contributed by atoms with Crippen LogP contribution in [0.25, 0.3) is 0 Å². The van der Waals surface area contributed by atoms with Crippen molar-refractivity contribution < 1.29 is 4.74 Å². The Bertz CT molecular complexity index is 164. The van der Waals surface area contributed by atoms with E-state index in [1.807, 2.05) is 0 Å². The van der Waals surface area contributed by atoms with Gasteiger partial charge in [-0.15, -0.1) is 0 Å². The molecule has 0 spiro atoms. The lowest BCUT2D eigenvalue weighted by molar-refractivity contribution is 0.0602. The van der Waals surface area contributed by atoms with Crippen molar-refractivity contribution in [1.29, 1.82) is 0 Å². The number of rotatable bonds is 5. The Kier molecular flexibility index (Phi) is 10.8. The molecule has 1 heteroatoms. The SMILES string of the molecule is CC(C)CC1CCOCC1.CCC(CC)C(C)C. The lowest BCUT2D eigenvalue weighted by Gasteiger charge is -2.23. The van der Waals surface area contributed by atoms with Gasteiger partial charge in [0.05, 0.1) is 0 Å². The average Bonchev–Trinajstić information content (AvgIpc) is 2.31. The normalized spacial score (nSPS) is 17.2. The van der Waals surface area contributed by atoms with Gasteiger partial charge >= 0.3 is 0 Å². The maximum atomic E-state index is 5.28. The second kappa shape index (κ2) is 10.8. The molecule has 0 atom stereocenters. The molecule has 1 aliphatic heterocycles. The summed E-state index contributed by atoms with van der Waals surface area (Å²) in [5, 5.41) is 0. The van der Waals surface area contributed by atoms with Crippen LogP contribution in [0.15, 0.2) is 0 Å². The molecule has 1 saturated heterocycles. The summed E-state index contributed by atoms with van der Waals surface area (Å²) >= 11 is 0. The van der Waals surface area contributed by atoms with Crippen molar-refractivity contribution in [2.75, 3.05) is 13.2 Å². The molecule has 0 radical (unpaired) electrons. The highest BCUT2D eigenvalue weighted by Gasteiger charge is 2.14. The molecule has 0 aromatic heterocycles. The molecule has 0 aromatic rings. The Morgan fingerprint density at radius 1 is 0.944 bits per heavy atom. The third-order valence-corrected chi connectivity index (χ3v) is 4.14. The third-order valence-electron chi connectivity index (χ3n) is 4.14. The average molecular weight is 256 g/mol. The summed E-state index contributed by atoms with van der Waals surface area (Å²) in [6, 6.07) is 0. The highest BCUT2D eigenvalue weighted by Crippen LogP contribution is 2.22. The number of hydrogen-bond donors (Lipinski definition) is 0. The summed E-state index contributed by atoms with van der Waals surface area (Å²) < 4.78 is 5.28. The minimum atomic E-state index is 0.864. The van der Waals surface area contributed by atoms with Crippen LogP contribution in [0.1, 0.15) is 73.6 Å². The van der Waals surface area contributed by atoms with Gasteiger partial charge in [0.15, 0.2) is 0 Å². The third kappa shape index (κ3) is 8.97. The van der Waals surface area contributed by atoms with Crippen molar-refractivity contribution in [1.82, 2.24) is 0 Å². The van der Waals surface area contributed by atoms with Gasteiger partial charge in [-0.05, 0) is 42.9 Å². The predicted octanol–water partition coefficient (Wildman–Crippen LogP) is 5.54. The van der Waals surface area contributed by atoms with E-state index in [9.17, 15) is 0 Å². The van der Waals surface area contributed by atoms with Gasteiger partial charge in [0.25, 0.3) is 0 Å². The second-order valence-corrected chi connectivity index (χ2v) is 6.51. The molecule has 0 N–H and O–H groups in total. The topological polar surface area (TPSA) is 9.23 Å². The van der Waals surface area contributed by atoms with Crippen LogP contribution in [0.2, 0.25) is 0 Å². The molecule has 1 fully saturated rings. The van der Waals surface area contributed by atoms with Crippen LogP contribution in [0.5, 0.6) is 0 Å². The van der Waals surface area contributed by atoms with E-state index in [2.05, 4.69) is 41.5 Å². The Balaban J connectivity index is 0.000000331. The van der Waals surface area contributed by atoms with E-state index < -0.39 is 0 Å². The number of ether oxygens (including phenoxy) is 1. The maximum Gasteiger partial charge on any atom is 0.0468 e. The fourth-order valence-electron chi connectivity index (χ4n) is 2.88. The molecule has 0 aliphatic carbocycles. The van der Waals surface area contributed by atoms with Crippen molar-refractivity contribution in [2.45, 2.75) is 73.6 Å². The molecule has 0 aromatic carbocycles. The van der Waals surface area contributed by atoms with Gasteiger partial charge in [0, 0.05) is 13.2 Å². The quantitative estimate of drug-likeness (QED) is 0.627. The molecule has 18 heavy (non-hydrogen) atoms. The zero-order valence-corrected chi connectivity index (χ0v) is 13.7. The lowest BCUT2D eigenvalue weighted by atomic mass is 9.91. The molecule has 110 valence electrons. The van der Waals surface area contributed by atoms with Crippen LogP contribution in [0.3, 0.4) is 0 Å². The molecular weight excluding hydrogens is 220 g/mol. The summed E-state index contributed by atoms with van der Waals surface area (Å²) in [4.78, 5) is 0. The van der Waals surface area contributed by atoms with Gasteiger partial charge in [-0.3, -0.25) is 0 Å². The van der Waals surface area contributed by atoms with Crippen LogP contribution < -0.4 is 0 Å². The monoisotopic (exact) mass is 256 g/mol. The predicted molar refractivity (Wildman–Crippen MR) is 81.9 cm³/mol. The first-order chi connectivity index (χ1) is 8.51. The van der Waals surface area contributed by atoms with Gasteiger partial charge in [-0.2, -0.15) is 0 Å². The van der Waals surface area contributed by atoms with Gasteiger partial charge in [-0.1, -0.05) is 54.4 Å². The summed E-state index contributed by atoms with van der Waals surface area (Å²) in [6.45, 7) is 15.7. The van der Waals surface area contributed by atoms with Gasteiger partial charge in [0.1, 0.15) is 0 Å². The highest BCUT2D eigenvalue weighted by molar-refractivity contribution is 4.64. The van der Waals surface area contributed by atoms with E-state index in [4.69, 9.17) is 4.74 Å². The van der Waals surface area contributed by atoms with E-state index in [1.165, 1.54) is 32.1 Å². The zero-order valence-electron chi connectivity index (χ0n) is 13.7. The van der Waals surface area contributed by atoms with Crippen molar-refractivity contribution in [3.05, 3.63) is 0 Å². The molecule has 1 aliphatic rings. The largest absolute Gasteiger partial charge is 0.381 e. The summed E-state index contributed by atoms with van der Waals surface area (Å²) in [5.74, 6) is 3.65. The van der Waals surface area contributed by atoms with Crippen molar-refractivity contribution in [3.8, 4) is 0 Å². The van der Waals surface area contributed by atoms with Gasteiger partial charge in [-0.25, -0.2) is 0 Å². The van der Waals surface area contributed by atoms with Crippen LogP contribution in [0.4, 0.5) is 0 Å². The van der Waals surface area contributed by atoms with E-state index in [0.717, 1.165) is 36.9 Å². The van der Waals surface area contributed by atoms with E-state index >= 15 is 0 Å². The van der Waals surface area contributed by atoms with Crippen molar-refractivity contribution in [2.24, 2.45) is 23.7 Å². The highest BCUT2D eigenvalue weighted by atomic mass is 16.5. The Morgan fingerprint density at radius 3 is 1.72 bits per heavy atom. The minimum Gasteiger partial charge on any atom is -0.381 e. The molecule has 0 amide bonds. The fraction of sp³-hybridized carbons (Fsp3) is 1.00. The summed E-state index contributed by atoms with van der Waals surface area (Å²) in [5.41, 5.74) is 0. The summed E-state index contributed by atoms with van der Waals surface area (Å²) in [7, 11) is 0. The summed E-state index contributed by atoms with van der Waals surface area (Å²) in [6.07, 6.45) is 6.65. The Morgan fingerprint density at radius 2 is 1.44 bits per heavy atom. The molecule has 1 rings (SSSR count). The van der Waals surface area contributed by atoms with E-state index in [0.29, 0.717) is 0 Å². The van der Waals surface area contributed by atoms with Crippen LogP contribution in [0, 0.1) is 23.7 Å². The maximum absolute atomic E-state index is 5.28. The molecule has 0 bridgehead atoms. The standard InChI is InChI=1S/C9H18O.C8H18/c1-8(2)7-9-3-5-10-6-4-9;1-5-8(6-2)7(3)4/h8-9H,3-7H2,1-2H3;7-8H,5-6H2,1-4H3. The fourth-order valence-corrected chi connectivity index (χ4v) is 2.88. The first kappa shape index (κ1) is 18.0. The van der Waals surface area contributed by atoms with E-state index in [-0.39, 0.29) is 0 Å². The number of hydrogen-bond acceptors (Lipinski definition) is 1. The first-order valence-corrected chi connectivity index (χ1v) is 8.08. The van der Waals surface area contributed by atoms with Gasteiger partial charge < -0.3 is 4.74 Å². The minimum absolute atomic E-state index is 0.864. The van der Waals surface area contributed by atoms with Crippen LogP contribution in [-0.2, 0) is 4.74 Å². The second-order valence-electron chi connectivity index (χ2n) is 6.51. The zero-order chi connectivity index (χ0) is 14.0. The Labute approximate surface area is 116 Å². The van der Waals surface area contributed by atoms with Crippen LogP contribution >= 0.6 is 0 Å². The molecular formula is C17H36O. The molecule has 1 nitrogen and oxygen atoms in total. The smallest absolute Gasteiger partial charge is 0.0468 e.